The molecule has 1 fully saturated rings. The number of aromatic nitrogens is 2. The van der Waals surface area contributed by atoms with Crippen LogP contribution in [0.4, 0.5) is 5.95 Å². The van der Waals surface area contributed by atoms with E-state index in [-0.39, 0.29) is 6.10 Å². The predicted octanol–water partition coefficient (Wildman–Crippen LogP) is 3.67. The third-order valence-corrected chi connectivity index (χ3v) is 4.08. The summed E-state index contributed by atoms with van der Waals surface area (Å²) in [6.07, 6.45) is 2.44. The van der Waals surface area contributed by atoms with Gasteiger partial charge in [0.1, 0.15) is 0 Å². The Kier molecular flexibility index (Phi) is 4.68. The van der Waals surface area contributed by atoms with Crippen LogP contribution >= 0.6 is 0 Å². The maximum absolute atomic E-state index is 6.03. The van der Waals surface area contributed by atoms with Crippen LogP contribution in [-0.4, -0.2) is 23.1 Å². The van der Waals surface area contributed by atoms with Crippen molar-refractivity contribution in [1.29, 1.82) is 0 Å². The highest BCUT2D eigenvalue weighted by Gasteiger charge is 2.27. The molecular weight excluding hydrogens is 274 g/mol. The average Bonchev–Trinajstić information content (AvgIpc) is 2.53. The van der Waals surface area contributed by atoms with E-state index in [9.17, 15) is 0 Å². The molecule has 3 rings (SSSR count). The molecule has 1 aliphatic rings. The van der Waals surface area contributed by atoms with E-state index in [0.717, 1.165) is 43.3 Å². The molecule has 4 heteroatoms. The number of anilines is 1. The smallest absolute Gasteiger partial charge is 0.223 e. The predicted molar refractivity (Wildman–Crippen MR) is 87.9 cm³/mol. The molecule has 1 saturated heterocycles. The van der Waals surface area contributed by atoms with E-state index >= 15 is 0 Å². The molecule has 2 atom stereocenters. The maximum Gasteiger partial charge on any atom is 0.223 e. The summed E-state index contributed by atoms with van der Waals surface area (Å²) < 4.78 is 6.03. The van der Waals surface area contributed by atoms with Gasteiger partial charge < -0.3 is 10.1 Å². The van der Waals surface area contributed by atoms with Gasteiger partial charge in [0.05, 0.1) is 6.10 Å². The zero-order chi connectivity index (χ0) is 15.4. The van der Waals surface area contributed by atoms with E-state index in [0.29, 0.717) is 5.92 Å². The molecule has 0 spiro atoms. The zero-order valence-corrected chi connectivity index (χ0v) is 13.2. The number of benzene rings is 1. The van der Waals surface area contributed by atoms with Crippen LogP contribution in [0.15, 0.2) is 36.4 Å². The Balaban J connectivity index is 1.69. The zero-order valence-electron chi connectivity index (χ0n) is 13.2. The lowest BCUT2D eigenvalue weighted by Gasteiger charge is -2.32. The molecule has 0 bridgehead atoms. The van der Waals surface area contributed by atoms with Gasteiger partial charge in [0, 0.05) is 30.5 Å². The first kappa shape index (κ1) is 15.0. The topological polar surface area (TPSA) is 47.0 Å². The summed E-state index contributed by atoms with van der Waals surface area (Å²) in [4.78, 5) is 8.91. The van der Waals surface area contributed by atoms with Crippen molar-refractivity contribution in [3.8, 4) is 0 Å². The van der Waals surface area contributed by atoms with Crippen LogP contribution in [0.1, 0.15) is 35.9 Å². The van der Waals surface area contributed by atoms with Crippen molar-refractivity contribution < 1.29 is 4.74 Å². The molecule has 2 heterocycles. The Hall–Kier alpha value is -1.94. The first-order valence-corrected chi connectivity index (χ1v) is 7.95. The molecule has 1 N–H and O–H groups in total. The van der Waals surface area contributed by atoms with Gasteiger partial charge in [-0.3, -0.25) is 0 Å². The summed E-state index contributed by atoms with van der Waals surface area (Å²) >= 11 is 0. The van der Waals surface area contributed by atoms with Gasteiger partial charge in [0.2, 0.25) is 5.95 Å². The van der Waals surface area contributed by atoms with E-state index in [2.05, 4.69) is 39.6 Å². The monoisotopic (exact) mass is 297 g/mol. The van der Waals surface area contributed by atoms with Crippen molar-refractivity contribution in [3.63, 3.8) is 0 Å². The first-order valence-electron chi connectivity index (χ1n) is 7.95. The summed E-state index contributed by atoms with van der Waals surface area (Å²) in [6.45, 7) is 5.67. The van der Waals surface area contributed by atoms with Gasteiger partial charge in [-0.05, 0) is 38.3 Å². The second-order valence-electron chi connectivity index (χ2n) is 5.96. The molecule has 1 aromatic carbocycles. The summed E-state index contributed by atoms with van der Waals surface area (Å²) in [7, 11) is 0. The third kappa shape index (κ3) is 3.63. The van der Waals surface area contributed by atoms with Gasteiger partial charge in [-0.25, -0.2) is 9.97 Å². The minimum atomic E-state index is 0.161. The molecule has 1 aromatic heterocycles. The Morgan fingerprint density at radius 2 is 1.86 bits per heavy atom. The van der Waals surface area contributed by atoms with Crippen molar-refractivity contribution in [2.45, 2.75) is 32.8 Å². The SMILES string of the molecule is Cc1cc(C)nc(NCC2CCCOC2c2ccccc2)n1. The van der Waals surface area contributed by atoms with Gasteiger partial charge >= 0.3 is 0 Å². The molecule has 0 amide bonds. The van der Waals surface area contributed by atoms with E-state index < -0.39 is 0 Å². The van der Waals surface area contributed by atoms with Crippen molar-refractivity contribution in [2.24, 2.45) is 5.92 Å². The average molecular weight is 297 g/mol. The van der Waals surface area contributed by atoms with E-state index in [4.69, 9.17) is 4.74 Å². The lowest BCUT2D eigenvalue weighted by Crippen LogP contribution is -2.28. The van der Waals surface area contributed by atoms with Gasteiger partial charge in [-0.15, -0.1) is 0 Å². The highest BCUT2D eigenvalue weighted by Crippen LogP contribution is 2.33. The Bertz CT molecular complexity index is 595. The van der Waals surface area contributed by atoms with Crippen LogP contribution in [0, 0.1) is 19.8 Å². The standard InChI is InChI=1S/C18H23N3O/c1-13-11-14(2)21-18(20-13)19-12-16-9-6-10-22-17(16)15-7-4-3-5-8-15/h3-5,7-8,11,16-17H,6,9-10,12H2,1-2H3,(H,19,20,21). The normalized spacial score (nSPS) is 21.5. The lowest BCUT2D eigenvalue weighted by atomic mass is 9.89. The second-order valence-corrected chi connectivity index (χ2v) is 5.96. The van der Waals surface area contributed by atoms with Crippen molar-refractivity contribution in [2.75, 3.05) is 18.5 Å². The van der Waals surface area contributed by atoms with Crippen molar-refractivity contribution in [1.82, 2.24) is 9.97 Å². The quantitative estimate of drug-likeness (QED) is 0.935. The fourth-order valence-electron chi connectivity index (χ4n) is 3.09. The Morgan fingerprint density at radius 3 is 2.59 bits per heavy atom. The minimum Gasteiger partial charge on any atom is -0.373 e. The number of hydrogen-bond acceptors (Lipinski definition) is 4. The van der Waals surface area contributed by atoms with Crippen molar-refractivity contribution >= 4 is 5.95 Å². The van der Waals surface area contributed by atoms with Gasteiger partial charge in [-0.1, -0.05) is 30.3 Å². The molecule has 0 aliphatic carbocycles. The molecule has 2 unspecified atom stereocenters. The highest BCUT2D eigenvalue weighted by molar-refractivity contribution is 5.28. The minimum absolute atomic E-state index is 0.161. The summed E-state index contributed by atoms with van der Waals surface area (Å²) in [5, 5.41) is 3.39. The van der Waals surface area contributed by atoms with Crippen LogP contribution < -0.4 is 5.32 Å². The second kappa shape index (κ2) is 6.88. The number of nitrogens with one attached hydrogen (secondary N) is 1. The highest BCUT2D eigenvalue weighted by atomic mass is 16.5. The van der Waals surface area contributed by atoms with Gasteiger partial charge in [0.15, 0.2) is 0 Å². The maximum atomic E-state index is 6.03. The molecule has 116 valence electrons. The Morgan fingerprint density at radius 1 is 1.14 bits per heavy atom. The van der Waals surface area contributed by atoms with E-state index in [1.807, 2.05) is 26.0 Å². The summed E-state index contributed by atoms with van der Waals surface area (Å²) in [6, 6.07) is 12.5. The third-order valence-electron chi connectivity index (χ3n) is 4.08. The van der Waals surface area contributed by atoms with Crippen LogP contribution in [-0.2, 0) is 4.74 Å². The van der Waals surface area contributed by atoms with Gasteiger partial charge in [-0.2, -0.15) is 0 Å². The molecule has 1 aliphatic heterocycles. The Labute approximate surface area is 132 Å². The fourth-order valence-corrected chi connectivity index (χ4v) is 3.09. The fraction of sp³-hybridized carbons (Fsp3) is 0.444. The summed E-state index contributed by atoms with van der Waals surface area (Å²) in [5.74, 6) is 1.16. The van der Waals surface area contributed by atoms with E-state index in [1.165, 1.54) is 5.56 Å². The van der Waals surface area contributed by atoms with Crippen LogP contribution in [0.3, 0.4) is 0 Å². The van der Waals surface area contributed by atoms with Crippen LogP contribution in [0.2, 0.25) is 0 Å². The molecule has 0 saturated carbocycles. The first-order chi connectivity index (χ1) is 10.7. The molecule has 4 nitrogen and oxygen atoms in total. The number of hydrogen-bond donors (Lipinski definition) is 1. The van der Waals surface area contributed by atoms with Gasteiger partial charge in [0.25, 0.3) is 0 Å². The largest absolute Gasteiger partial charge is 0.373 e. The summed E-state index contributed by atoms with van der Waals surface area (Å²) in [5.41, 5.74) is 3.25. The molecule has 22 heavy (non-hydrogen) atoms. The van der Waals surface area contributed by atoms with E-state index in [1.54, 1.807) is 0 Å². The van der Waals surface area contributed by atoms with Crippen LogP contribution in [0.5, 0.6) is 0 Å². The molecule has 2 aromatic rings. The lowest BCUT2D eigenvalue weighted by molar-refractivity contribution is -0.0238. The molecular formula is C18H23N3O. The number of rotatable bonds is 4. The molecule has 0 radical (unpaired) electrons. The number of aryl methyl sites for hydroxylation is 2. The number of ether oxygens (including phenoxy) is 1. The number of nitrogens with zero attached hydrogens (tertiary/aromatic N) is 2. The van der Waals surface area contributed by atoms with Crippen LogP contribution in [0.25, 0.3) is 0 Å². The van der Waals surface area contributed by atoms with Crippen molar-refractivity contribution in [3.05, 3.63) is 53.3 Å².